The van der Waals surface area contributed by atoms with Gasteiger partial charge < -0.3 is 5.32 Å². The molecule has 1 aromatic carbocycles. The minimum atomic E-state index is -0.255. The summed E-state index contributed by atoms with van der Waals surface area (Å²) >= 11 is 11.4. The Kier molecular flexibility index (Phi) is 3.45. The smallest absolute Gasteiger partial charge is 0.225 e. The molecule has 2 aromatic rings. The summed E-state index contributed by atoms with van der Waals surface area (Å²) in [5.41, 5.74) is 1.25. The first kappa shape index (κ1) is 12.1. The molecular weight excluding hydrogens is 264 g/mol. The lowest BCUT2D eigenvalue weighted by molar-refractivity contribution is 0.619. The van der Waals surface area contributed by atoms with Crippen LogP contribution in [0.25, 0.3) is 0 Å². The average Bonchev–Trinajstić information content (AvgIpc) is 2.22. The summed E-state index contributed by atoms with van der Waals surface area (Å²) in [7, 11) is 0. The fourth-order valence-electron chi connectivity index (χ4n) is 1.32. The Morgan fingerprint density at radius 3 is 2.59 bits per heavy atom. The van der Waals surface area contributed by atoms with E-state index < -0.39 is 0 Å². The van der Waals surface area contributed by atoms with Crippen LogP contribution in [0.4, 0.5) is 15.9 Å². The van der Waals surface area contributed by atoms with Gasteiger partial charge in [0.25, 0.3) is 0 Å². The summed E-state index contributed by atoms with van der Waals surface area (Å²) < 4.78 is 13.1. The van der Waals surface area contributed by atoms with Crippen LogP contribution >= 0.6 is 23.2 Å². The Labute approximate surface area is 108 Å². The second-order valence-electron chi connectivity index (χ2n) is 3.43. The predicted octanol–water partition coefficient (Wildman–Crippen LogP) is 3.97. The van der Waals surface area contributed by atoms with Crippen molar-refractivity contribution in [3.8, 4) is 0 Å². The highest BCUT2D eigenvalue weighted by molar-refractivity contribution is 6.32. The molecule has 0 saturated carbocycles. The quantitative estimate of drug-likeness (QED) is 0.663. The molecule has 1 aromatic heterocycles. The molecule has 0 radical (unpaired) electrons. The van der Waals surface area contributed by atoms with Crippen molar-refractivity contribution in [3.05, 3.63) is 46.1 Å². The molecule has 1 heterocycles. The van der Waals surface area contributed by atoms with Gasteiger partial charge in [-0.15, -0.1) is 0 Å². The van der Waals surface area contributed by atoms with E-state index in [1.54, 1.807) is 19.1 Å². The van der Waals surface area contributed by atoms with Crippen LogP contribution in [0.15, 0.2) is 24.3 Å². The second-order valence-corrected chi connectivity index (χ2v) is 4.16. The Balaban J connectivity index is 2.28. The van der Waals surface area contributed by atoms with E-state index in [4.69, 9.17) is 23.2 Å². The summed E-state index contributed by atoms with van der Waals surface area (Å²) in [5, 5.41) is 3.26. The highest BCUT2D eigenvalue weighted by Gasteiger charge is 2.03. The van der Waals surface area contributed by atoms with E-state index in [1.807, 2.05) is 0 Å². The molecule has 0 spiro atoms. The molecule has 17 heavy (non-hydrogen) atoms. The van der Waals surface area contributed by atoms with Crippen LogP contribution in [0.2, 0.25) is 10.4 Å². The molecular formula is C11H8Cl2FN3. The highest BCUT2D eigenvalue weighted by atomic mass is 35.5. The maximum atomic E-state index is 13.1. The zero-order valence-corrected chi connectivity index (χ0v) is 10.3. The third kappa shape index (κ3) is 3.05. The standard InChI is InChI=1S/C11H8Cl2FN3/c1-6-4-7(2-3-8(6)14)15-10-5-9(12)16-11(13)17-10/h2-5H,1H3,(H,15,16,17). The highest BCUT2D eigenvalue weighted by Crippen LogP contribution is 2.20. The van der Waals surface area contributed by atoms with E-state index in [2.05, 4.69) is 15.3 Å². The first-order valence-corrected chi connectivity index (χ1v) is 5.53. The number of halogens is 3. The van der Waals surface area contributed by atoms with Crippen LogP contribution < -0.4 is 5.32 Å². The first-order chi connectivity index (χ1) is 8.04. The van der Waals surface area contributed by atoms with Crippen LogP contribution in [0, 0.1) is 12.7 Å². The van der Waals surface area contributed by atoms with E-state index in [9.17, 15) is 4.39 Å². The number of benzene rings is 1. The van der Waals surface area contributed by atoms with E-state index in [-0.39, 0.29) is 16.3 Å². The normalized spacial score (nSPS) is 10.4. The molecule has 6 heteroatoms. The molecule has 1 N–H and O–H groups in total. The molecule has 0 fully saturated rings. The Hall–Kier alpha value is -1.39. The summed E-state index contributed by atoms with van der Waals surface area (Å²) in [5.74, 6) is 0.204. The number of nitrogens with one attached hydrogen (secondary N) is 1. The Bertz CT molecular complexity index is 540. The van der Waals surface area contributed by atoms with Crippen molar-refractivity contribution >= 4 is 34.7 Å². The minimum Gasteiger partial charge on any atom is -0.340 e. The minimum absolute atomic E-state index is 0.0545. The van der Waals surface area contributed by atoms with Crippen LogP contribution in [-0.2, 0) is 0 Å². The molecule has 0 bridgehead atoms. The van der Waals surface area contributed by atoms with Crippen LogP contribution in [0.3, 0.4) is 0 Å². The maximum absolute atomic E-state index is 13.1. The van der Waals surface area contributed by atoms with E-state index in [0.717, 1.165) is 0 Å². The molecule has 0 aliphatic carbocycles. The van der Waals surface area contributed by atoms with Crippen LogP contribution in [-0.4, -0.2) is 9.97 Å². The summed E-state index contributed by atoms with van der Waals surface area (Å²) in [6.45, 7) is 1.68. The zero-order valence-electron chi connectivity index (χ0n) is 8.84. The van der Waals surface area contributed by atoms with Gasteiger partial charge in [-0.25, -0.2) is 14.4 Å². The first-order valence-electron chi connectivity index (χ1n) is 4.78. The largest absolute Gasteiger partial charge is 0.340 e. The van der Waals surface area contributed by atoms with E-state index >= 15 is 0 Å². The van der Waals surface area contributed by atoms with Crippen molar-refractivity contribution < 1.29 is 4.39 Å². The third-order valence-corrected chi connectivity index (χ3v) is 2.46. The van der Waals surface area contributed by atoms with Crippen LogP contribution in [0.1, 0.15) is 5.56 Å². The monoisotopic (exact) mass is 271 g/mol. The van der Waals surface area contributed by atoms with Gasteiger partial charge in [-0.2, -0.15) is 0 Å². The van der Waals surface area contributed by atoms with E-state index in [0.29, 0.717) is 17.1 Å². The van der Waals surface area contributed by atoms with Gasteiger partial charge in [-0.05, 0) is 42.3 Å². The molecule has 0 aliphatic rings. The number of hydrogen-bond donors (Lipinski definition) is 1. The lowest BCUT2D eigenvalue weighted by atomic mass is 10.2. The van der Waals surface area contributed by atoms with Gasteiger partial charge in [0, 0.05) is 11.8 Å². The predicted molar refractivity (Wildman–Crippen MR) is 66.5 cm³/mol. The van der Waals surface area contributed by atoms with Crippen molar-refractivity contribution in [1.29, 1.82) is 0 Å². The molecule has 0 amide bonds. The molecule has 3 nitrogen and oxygen atoms in total. The molecule has 0 atom stereocenters. The van der Waals surface area contributed by atoms with Gasteiger partial charge in [-0.3, -0.25) is 0 Å². The summed E-state index contributed by atoms with van der Waals surface area (Å²) in [6.07, 6.45) is 0. The average molecular weight is 272 g/mol. The maximum Gasteiger partial charge on any atom is 0.225 e. The fourth-order valence-corrected chi connectivity index (χ4v) is 1.73. The van der Waals surface area contributed by atoms with Gasteiger partial charge >= 0.3 is 0 Å². The zero-order chi connectivity index (χ0) is 12.4. The number of nitrogens with zero attached hydrogens (tertiary/aromatic N) is 2. The van der Waals surface area contributed by atoms with Crippen molar-refractivity contribution in [2.45, 2.75) is 6.92 Å². The molecule has 0 unspecified atom stereocenters. The van der Waals surface area contributed by atoms with Gasteiger partial charge in [0.05, 0.1) is 0 Å². The number of anilines is 2. The number of hydrogen-bond acceptors (Lipinski definition) is 3. The second kappa shape index (κ2) is 4.85. The molecule has 0 aliphatic heterocycles. The van der Waals surface area contributed by atoms with E-state index in [1.165, 1.54) is 12.1 Å². The van der Waals surface area contributed by atoms with Crippen molar-refractivity contribution in [2.24, 2.45) is 0 Å². The number of aryl methyl sites for hydroxylation is 1. The molecule has 0 saturated heterocycles. The summed E-state index contributed by atoms with van der Waals surface area (Å²) in [6, 6.07) is 6.18. The molecule has 88 valence electrons. The van der Waals surface area contributed by atoms with Crippen molar-refractivity contribution in [1.82, 2.24) is 9.97 Å². The van der Waals surface area contributed by atoms with Gasteiger partial charge in [0.15, 0.2) is 0 Å². The molecule has 2 rings (SSSR count). The fraction of sp³-hybridized carbons (Fsp3) is 0.0909. The van der Waals surface area contributed by atoms with Crippen molar-refractivity contribution in [2.75, 3.05) is 5.32 Å². The number of aromatic nitrogens is 2. The van der Waals surface area contributed by atoms with Gasteiger partial charge in [0.1, 0.15) is 16.8 Å². The Morgan fingerprint density at radius 1 is 1.18 bits per heavy atom. The Morgan fingerprint density at radius 2 is 1.94 bits per heavy atom. The lowest BCUT2D eigenvalue weighted by Crippen LogP contribution is -1.96. The van der Waals surface area contributed by atoms with Crippen LogP contribution in [0.5, 0.6) is 0 Å². The number of rotatable bonds is 2. The van der Waals surface area contributed by atoms with Gasteiger partial charge in [0.2, 0.25) is 5.28 Å². The summed E-state index contributed by atoms with van der Waals surface area (Å²) in [4.78, 5) is 7.67. The van der Waals surface area contributed by atoms with Crippen molar-refractivity contribution in [3.63, 3.8) is 0 Å². The lowest BCUT2D eigenvalue weighted by Gasteiger charge is -2.07. The third-order valence-electron chi connectivity index (χ3n) is 2.10. The SMILES string of the molecule is Cc1cc(Nc2cc(Cl)nc(Cl)n2)ccc1F. The van der Waals surface area contributed by atoms with Gasteiger partial charge in [-0.1, -0.05) is 11.6 Å². The topological polar surface area (TPSA) is 37.8 Å².